The molecule has 2 aromatic rings. The van der Waals surface area contributed by atoms with E-state index in [2.05, 4.69) is 10.2 Å². The van der Waals surface area contributed by atoms with Crippen LogP contribution in [0.5, 0.6) is 5.75 Å². The predicted octanol–water partition coefficient (Wildman–Crippen LogP) is 1.43. The molecule has 0 atom stereocenters. The van der Waals surface area contributed by atoms with E-state index in [9.17, 15) is 4.79 Å². The van der Waals surface area contributed by atoms with Gasteiger partial charge in [-0.1, -0.05) is 0 Å². The summed E-state index contributed by atoms with van der Waals surface area (Å²) in [5.74, 6) is -0.478. The van der Waals surface area contributed by atoms with Crippen molar-refractivity contribution in [2.24, 2.45) is 0 Å². The number of aromatic nitrogens is 3. The number of aryl methyl sites for hydroxylation is 1. The van der Waals surface area contributed by atoms with Crippen molar-refractivity contribution < 1.29 is 14.6 Å². The van der Waals surface area contributed by atoms with Gasteiger partial charge in [0.05, 0.1) is 12.7 Å². The number of benzene rings is 1. The average Bonchev–Trinajstić information content (AvgIpc) is 2.85. The Hall–Kier alpha value is -2.37. The molecule has 2 rings (SSSR count). The Morgan fingerprint density at radius 3 is 2.67 bits per heavy atom. The molecule has 1 aromatic carbocycles. The van der Waals surface area contributed by atoms with Crippen LogP contribution in [0.3, 0.4) is 0 Å². The molecule has 6 nitrogen and oxygen atoms in total. The molecule has 1 N–H and O–H groups in total. The molecule has 1 heterocycles. The number of hydrogen-bond acceptors (Lipinski definition) is 4. The topological polar surface area (TPSA) is 77.2 Å². The molecule has 0 aliphatic carbocycles. The predicted molar refractivity (Wildman–Crippen MR) is 64.3 cm³/mol. The molecule has 94 valence electrons. The number of nitrogens with zero attached hydrogens (tertiary/aromatic N) is 3. The molecule has 18 heavy (non-hydrogen) atoms. The van der Waals surface area contributed by atoms with Crippen LogP contribution in [0.15, 0.2) is 30.5 Å². The van der Waals surface area contributed by atoms with Crippen LogP contribution < -0.4 is 4.74 Å². The zero-order valence-corrected chi connectivity index (χ0v) is 9.91. The molecular weight excluding hydrogens is 234 g/mol. The van der Waals surface area contributed by atoms with Gasteiger partial charge in [-0.05, 0) is 31.2 Å². The van der Waals surface area contributed by atoms with Crippen LogP contribution in [0.4, 0.5) is 0 Å². The lowest BCUT2D eigenvalue weighted by Gasteiger charge is -2.03. The van der Waals surface area contributed by atoms with Gasteiger partial charge in [0.15, 0.2) is 6.61 Å². The zero-order chi connectivity index (χ0) is 13.0. The highest BCUT2D eigenvalue weighted by atomic mass is 16.5. The molecule has 0 saturated heterocycles. The van der Waals surface area contributed by atoms with Gasteiger partial charge in [-0.25, -0.2) is 4.79 Å². The Bertz CT molecular complexity index is 534. The fourth-order valence-corrected chi connectivity index (χ4v) is 1.45. The lowest BCUT2D eigenvalue weighted by atomic mass is 10.2. The number of carboxylic acid groups (broad SMARTS) is 1. The Balaban J connectivity index is 2.09. The molecule has 0 radical (unpaired) electrons. The third kappa shape index (κ3) is 2.85. The molecule has 0 spiro atoms. The van der Waals surface area contributed by atoms with Crippen LogP contribution in [0.1, 0.15) is 6.92 Å². The molecule has 0 fully saturated rings. The third-order valence-electron chi connectivity index (χ3n) is 2.33. The van der Waals surface area contributed by atoms with Crippen molar-refractivity contribution in [3.05, 3.63) is 30.5 Å². The maximum atomic E-state index is 10.4. The summed E-state index contributed by atoms with van der Waals surface area (Å²) in [5, 5.41) is 16.9. The Morgan fingerprint density at radius 2 is 2.11 bits per heavy atom. The Morgan fingerprint density at radius 1 is 1.39 bits per heavy atom. The summed E-state index contributed by atoms with van der Waals surface area (Å²) < 4.78 is 5.04. The molecule has 0 aliphatic heterocycles. The maximum absolute atomic E-state index is 10.4. The van der Waals surface area contributed by atoms with Crippen molar-refractivity contribution in [1.29, 1.82) is 0 Å². The summed E-state index contributed by atoms with van der Waals surface area (Å²) in [6.45, 7) is 2.35. The van der Waals surface area contributed by atoms with Gasteiger partial charge in [0.2, 0.25) is 0 Å². The van der Waals surface area contributed by atoms with Crippen LogP contribution in [-0.2, 0) is 11.3 Å². The largest absolute Gasteiger partial charge is 0.482 e. The molecule has 0 saturated carbocycles. The van der Waals surface area contributed by atoms with Gasteiger partial charge in [0.25, 0.3) is 0 Å². The van der Waals surface area contributed by atoms with Crippen LogP contribution in [0.2, 0.25) is 0 Å². The van der Waals surface area contributed by atoms with Crippen LogP contribution in [0.25, 0.3) is 11.3 Å². The second-order valence-corrected chi connectivity index (χ2v) is 3.63. The SMILES string of the molecule is CCn1ncc(-c2ccc(OCC(=O)O)cc2)n1. The second-order valence-electron chi connectivity index (χ2n) is 3.63. The minimum atomic E-state index is -0.995. The standard InChI is InChI=1S/C12H13N3O3/c1-2-15-13-7-11(14-15)9-3-5-10(6-4-9)18-8-12(16)17/h3-7H,2,8H2,1H3,(H,16,17). The lowest BCUT2D eigenvalue weighted by Crippen LogP contribution is -2.09. The minimum absolute atomic E-state index is 0.342. The number of hydrogen-bond donors (Lipinski definition) is 1. The second kappa shape index (κ2) is 5.31. The van der Waals surface area contributed by atoms with Gasteiger partial charge in [0.1, 0.15) is 11.4 Å². The first-order valence-electron chi connectivity index (χ1n) is 5.54. The molecule has 0 aliphatic rings. The molecule has 0 amide bonds. The first kappa shape index (κ1) is 12.1. The van der Waals surface area contributed by atoms with Gasteiger partial charge in [-0.3, -0.25) is 0 Å². The maximum Gasteiger partial charge on any atom is 0.341 e. The normalized spacial score (nSPS) is 10.3. The zero-order valence-electron chi connectivity index (χ0n) is 9.91. The van der Waals surface area contributed by atoms with Crippen molar-refractivity contribution in [1.82, 2.24) is 15.0 Å². The van der Waals surface area contributed by atoms with Crippen LogP contribution >= 0.6 is 0 Å². The van der Waals surface area contributed by atoms with Crippen molar-refractivity contribution in [2.45, 2.75) is 13.5 Å². The number of aliphatic carboxylic acids is 1. The number of carboxylic acids is 1. The number of rotatable bonds is 5. The van der Waals surface area contributed by atoms with E-state index in [1.165, 1.54) is 0 Å². The highest BCUT2D eigenvalue weighted by molar-refractivity contribution is 5.68. The summed E-state index contributed by atoms with van der Waals surface area (Å²) in [6, 6.07) is 7.06. The molecule has 1 aromatic heterocycles. The van der Waals surface area contributed by atoms with Crippen molar-refractivity contribution in [3.63, 3.8) is 0 Å². The molecule has 0 unspecified atom stereocenters. The fraction of sp³-hybridized carbons (Fsp3) is 0.250. The third-order valence-corrected chi connectivity index (χ3v) is 2.33. The average molecular weight is 247 g/mol. The van der Waals surface area contributed by atoms with Crippen molar-refractivity contribution in [2.75, 3.05) is 6.61 Å². The van der Waals surface area contributed by atoms with E-state index in [0.29, 0.717) is 5.75 Å². The molecular formula is C12H13N3O3. The summed E-state index contributed by atoms with van der Waals surface area (Å²) in [4.78, 5) is 12.0. The number of ether oxygens (including phenoxy) is 1. The van der Waals surface area contributed by atoms with Gasteiger partial charge in [-0.2, -0.15) is 15.0 Å². The Labute approximate surface area is 104 Å². The van der Waals surface area contributed by atoms with E-state index >= 15 is 0 Å². The summed E-state index contributed by atoms with van der Waals surface area (Å²) in [7, 11) is 0. The van der Waals surface area contributed by atoms with Gasteiger partial charge < -0.3 is 9.84 Å². The smallest absolute Gasteiger partial charge is 0.341 e. The van der Waals surface area contributed by atoms with E-state index in [1.54, 1.807) is 23.1 Å². The first-order valence-corrected chi connectivity index (χ1v) is 5.54. The molecule has 6 heteroatoms. The lowest BCUT2D eigenvalue weighted by molar-refractivity contribution is -0.139. The van der Waals surface area contributed by atoms with Crippen molar-refractivity contribution >= 4 is 5.97 Å². The summed E-state index contributed by atoms with van der Waals surface area (Å²) in [6.07, 6.45) is 1.69. The fourth-order valence-electron chi connectivity index (χ4n) is 1.45. The highest BCUT2D eigenvalue weighted by Crippen LogP contribution is 2.19. The van der Waals surface area contributed by atoms with E-state index in [4.69, 9.17) is 9.84 Å². The Kier molecular flexibility index (Phi) is 3.57. The summed E-state index contributed by atoms with van der Waals surface area (Å²) >= 11 is 0. The highest BCUT2D eigenvalue weighted by Gasteiger charge is 2.04. The van der Waals surface area contributed by atoms with Crippen LogP contribution in [-0.4, -0.2) is 32.7 Å². The quantitative estimate of drug-likeness (QED) is 0.864. The monoisotopic (exact) mass is 247 g/mol. The van der Waals surface area contributed by atoms with E-state index in [-0.39, 0.29) is 6.61 Å². The van der Waals surface area contributed by atoms with Gasteiger partial charge in [-0.15, -0.1) is 0 Å². The van der Waals surface area contributed by atoms with E-state index in [0.717, 1.165) is 17.8 Å². The number of carbonyl (C=O) groups is 1. The van der Waals surface area contributed by atoms with E-state index in [1.807, 2.05) is 19.1 Å². The van der Waals surface area contributed by atoms with Crippen molar-refractivity contribution in [3.8, 4) is 17.0 Å². The minimum Gasteiger partial charge on any atom is -0.482 e. The van der Waals surface area contributed by atoms with E-state index < -0.39 is 5.97 Å². The molecule has 0 bridgehead atoms. The van der Waals surface area contributed by atoms with Crippen LogP contribution in [0, 0.1) is 0 Å². The summed E-state index contributed by atoms with van der Waals surface area (Å²) in [5.41, 5.74) is 1.69. The van der Waals surface area contributed by atoms with Gasteiger partial charge in [0, 0.05) is 5.56 Å². The first-order chi connectivity index (χ1) is 8.69. The van der Waals surface area contributed by atoms with Gasteiger partial charge >= 0.3 is 5.97 Å².